The zero-order valence-electron chi connectivity index (χ0n) is 9.64. The average molecular weight is 220 g/mol. The summed E-state index contributed by atoms with van der Waals surface area (Å²) < 4.78 is 0. The zero-order valence-corrected chi connectivity index (χ0v) is 10.4. The first-order chi connectivity index (χ1) is 6.47. The minimum atomic E-state index is -0.0850. The molecule has 0 aliphatic rings. The van der Waals surface area contributed by atoms with E-state index in [0.29, 0.717) is 11.8 Å². The molecule has 0 bridgehead atoms. The van der Waals surface area contributed by atoms with Gasteiger partial charge in [0.25, 0.3) is 0 Å². The summed E-state index contributed by atoms with van der Waals surface area (Å²) in [6, 6.07) is 0.260. The molecule has 0 fully saturated rings. The number of amides is 1. The van der Waals surface area contributed by atoms with Crippen molar-refractivity contribution in [1.29, 1.82) is 0 Å². The lowest BCUT2D eigenvalue weighted by Gasteiger charge is -2.17. The standard InChI is InChI=1S/C11H22ClNO/c1-8(2)5-6-10(4)13-11(14)9(3)7-12/h8-10H,5-7H2,1-4H3,(H,13,14). The Kier molecular flexibility index (Phi) is 6.98. The maximum atomic E-state index is 11.4. The molecule has 2 atom stereocenters. The maximum absolute atomic E-state index is 11.4. The van der Waals surface area contributed by atoms with Gasteiger partial charge >= 0.3 is 0 Å². The van der Waals surface area contributed by atoms with Crippen LogP contribution in [0.25, 0.3) is 0 Å². The molecule has 0 aliphatic heterocycles. The zero-order chi connectivity index (χ0) is 11.1. The van der Waals surface area contributed by atoms with E-state index in [9.17, 15) is 4.79 Å². The van der Waals surface area contributed by atoms with Crippen LogP contribution in [-0.4, -0.2) is 17.8 Å². The fraction of sp³-hybridized carbons (Fsp3) is 0.909. The van der Waals surface area contributed by atoms with Gasteiger partial charge < -0.3 is 5.32 Å². The van der Waals surface area contributed by atoms with E-state index in [2.05, 4.69) is 19.2 Å². The van der Waals surface area contributed by atoms with Crippen LogP contribution in [0.3, 0.4) is 0 Å². The van der Waals surface area contributed by atoms with Crippen molar-refractivity contribution in [2.75, 3.05) is 5.88 Å². The molecule has 0 aromatic carbocycles. The van der Waals surface area contributed by atoms with Crippen molar-refractivity contribution in [3.63, 3.8) is 0 Å². The molecule has 0 saturated carbocycles. The van der Waals surface area contributed by atoms with Crippen molar-refractivity contribution in [3.8, 4) is 0 Å². The Morgan fingerprint density at radius 2 is 1.79 bits per heavy atom. The third-order valence-electron chi connectivity index (χ3n) is 2.24. The number of rotatable bonds is 6. The molecule has 84 valence electrons. The van der Waals surface area contributed by atoms with Gasteiger partial charge in [-0.25, -0.2) is 0 Å². The second-order valence-corrected chi connectivity index (χ2v) is 4.74. The van der Waals surface area contributed by atoms with E-state index in [-0.39, 0.29) is 17.9 Å². The highest BCUT2D eigenvalue weighted by atomic mass is 35.5. The largest absolute Gasteiger partial charge is 0.353 e. The lowest BCUT2D eigenvalue weighted by atomic mass is 10.0. The smallest absolute Gasteiger partial charge is 0.224 e. The Bertz CT molecular complexity index is 171. The van der Waals surface area contributed by atoms with Crippen LogP contribution in [0.5, 0.6) is 0 Å². The van der Waals surface area contributed by atoms with Crippen LogP contribution in [0.1, 0.15) is 40.5 Å². The summed E-state index contributed by atoms with van der Waals surface area (Å²) >= 11 is 5.60. The second-order valence-electron chi connectivity index (χ2n) is 4.44. The van der Waals surface area contributed by atoms with Crippen molar-refractivity contribution < 1.29 is 4.79 Å². The highest BCUT2D eigenvalue weighted by Gasteiger charge is 2.13. The lowest BCUT2D eigenvalue weighted by Crippen LogP contribution is -2.37. The Hall–Kier alpha value is -0.240. The highest BCUT2D eigenvalue weighted by molar-refractivity contribution is 6.19. The van der Waals surface area contributed by atoms with Crippen molar-refractivity contribution in [3.05, 3.63) is 0 Å². The van der Waals surface area contributed by atoms with Gasteiger partial charge in [0.05, 0.1) is 0 Å². The van der Waals surface area contributed by atoms with Crippen molar-refractivity contribution in [2.45, 2.75) is 46.6 Å². The number of halogens is 1. The summed E-state index contributed by atoms with van der Waals surface area (Å²) in [6.07, 6.45) is 2.19. The fourth-order valence-electron chi connectivity index (χ4n) is 1.11. The number of alkyl halides is 1. The predicted octanol–water partition coefficient (Wildman–Crippen LogP) is 2.80. The number of nitrogens with one attached hydrogen (secondary N) is 1. The van der Waals surface area contributed by atoms with Gasteiger partial charge in [0.2, 0.25) is 5.91 Å². The van der Waals surface area contributed by atoms with E-state index in [0.717, 1.165) is 12.8 Å². The second kappa shape index (κ2) is 7.10. The summed E-state index contributed by atoms with van der Waals surface area (Å²) in [7, 11) is 0. The van der Waals surface area contributed by atoms with Crippen molar-refractivity contribution in [1.82, 2.24) is 5.32 Å². The summed E-state index contributed by atoms with van der Waals surface area (Å²) in [6.45, 7) is 8.27. The molecule has 1 amide bonds. The van der Waals surface area contributed by atoms with Crippen LogP contribution >= 0.6 is 11.6 Å². The SMILES string of the molecule is CC(C)CCC(C)NC(=O)C(C)CCl. The Labute approximate surface area is 92.4 Å². The first-order valence-corrected chi connectivity index (χ1v) is 5.87. The van der Waals surface area contributed by atoms with Crippen LogP contribution in [0.2, 0.25) is 0 Å². The summed E-state index contributed by atoms with van der Waals surface area (Å²) in [5.41, 5.74) is 0. The van der Waals surface area contributed by atoms with Gasteiger partial charge in [-0.3, -0.25) is 4.79 Å². The molecule has 0 saturated heterocycles. The van der Waals surface area contributed by atoms with E-state index in [4.69, 9.17) is 11.6 Å². The number of carbonyl (C=O) groups is 1. The van der Waals surface area contributed by atoms with Crippen molar-refractivity contribution in [2.24, 2.45) is 11.8 Å². The summed E-state index contributed by atoms with van der Waals surface area (Å²) in [5, 5.41) is 2.96. The third-order valence-corrected chi connectivity index (χ3v) is 2.71. The molecular weight excluding hydrogens is 198 g/mol. The predicted molar refractivity (Wildman–Crippen MR) is 61.6 cm³/mol. The van der Waals surface area contributed by atoms with Gasteiger partial charge in [-0.15, -0.1) is 11.6 Å². The highest BCUT2D eigenvalue weighted by Crippen LogP contribution is 2.07. The molecule has 0 aromatic rings. The third kappa shape index (κ3) is 6.25. The van der Waals surface area contributed by atoms with Crippen LogP contribution in [0.15, 0.2) is 0 Å². The van der Waals surface area contributed by atoms with Crippen LogP contribution in [0.4, 0.5) is 0 Å². The molecule has 0 aromatic heterocycles. The molecule has 2 nitrogen and oxygen atoms in total. The lowest BCUT2D eigenvalue weighted by molar-refractivity contribution is -0.124. The minimum absolute atomic E-state index is 0.0660. The van der Waals surface area contributed by atoms with Gasteiger partial charge in [-0.05, 0) is 25.7 Å². The molecule has 0 rings (SSSR count). The van der Waals surface area contributed by atoms with E-state index in [1.165, 1.54) is 0 Å². The van der Waals surface area contributed by atoms with Crippen LogP contribution in [-0.2, 0) is 4.79 Å². The molecule has 14 heavy (non-hydrogen) atoms. The van der Waals surface area contributed by atoms with E-state index < -0.39 is 0 Å². The van der Waals surface area contributed by atoms with Gasteiger partial charge in [0.15, 0.2) is 0 Å². The monoisotopic (exact) mass is 219 g/mol. The van der Waals surface area contributed by atoms with E-state index in [1.54, 1.807) is 0 Å². The van der Waals surface area contributed by atoms with Gasteiger partial charge in [0, 0.05) is 17.8 Å². The van der Waals surface area contributed by atoms with Crippen molar-refractivity contribution >= 4 is 17.5 Å². The Morgan fingerprint density at radius 3 is 2.21 bits per heavy atom. The topological polar surface area (TPSA) is 29.1 Å². The van der Waals surface area contributed by atoms with E-state index in [1.807, 2.05) is 13.8 Å². The molecule has 0 aliphatic carbocycles. The molecule has 0 radical (unpaired) electrons. The molecule has 1 N–H and O–H groups in total. The minimum Gasteiger partial charge on any atom is -0.353 e. The van der Waals surface area contributed by atoms with Crippen LogP contribution in [0, 0.1) is 11.8 Å². The fourth-order valence-corrected chi connectivity index (χ4v) is 1.25. The van der Waals surface area contributed by atoms with Gasteiger partial charge in [-0.1, -0.05) is 20.8 Å². The first kappa shape index (κ1) is 13.8. The molecule has 0 heterocycles. The maximum Gasteiger partial charge on any atom is 0.224 e. The average Bonchev–Trinajstić information content (AvgIpc) is 2.13. The van der Waals surface area contributed by atoms with Gasteiger partial charge in [-0.2, -0.15) is 0 Å². The number of hydrogen-bond donors (Lipinski definition) is 1. The first-order valence-electron chi connectivity index (χ1n) is 5.33. The summed E-state index contributed by atoms with van der Waals surface area (Å²) in [4.78, 5) is 11.4. The number of hydrogen-bond acceptors (Lipinski definition) is 1. The molecular formula is C11H22ClNO. The normalized spacial score (nSPS) is 15.3. The molecule has 3 heteroatoms. The van der Waals surface area contributed by atoms with Crippen LogP contribution < -0.4 is 5.32 Å². The molecule has 0 spiro atoms. The van der Waals surface area contributed by atoms with Gasteiger partial charge in [0.1, 0.15) is 0 Å². The quantitative estimate of drug-likeness (QED) is 0.684. The molecule has 2 unspecified atom stereocenters. The Morgan fingerprint density at radius 1 is 1.21 bits per heavy atom. The number of carbonyl (C=O) groups excluding carboxylic acids is 1. The summed E-state index contributed by atoms with van der Waals surface area (Å²) in [5.74, 6) is 1.07. The Balaban J connectivity index is 3.71. The van der Waals surface area contributed by atoms with E-state index >= 15 is 0 Å².